The molecule has 0 radical (unpaired) electrons. The number of nitrogens with zero attached hydrogens (tertiary/aromatic N) is 2. The Kier molecular flexibility index (Phi) is 3.24. The van der Waals surface area contributed by atoms with E-state index in [1.165, 1.54) is 0 Å². The van der Waals surface area contributed by atoms with Gasteiger partial charge in [0.15, 0.2) is 18.2 Å². The van der Waals surface area contributed by atoms with Gasteiger partial charge in [-0.25, -0.2) is 4.98 Å². The van der Waals surface area contributed by atoms with Gasteiger partial charge in [0.05, 0.1) is 0 Å². The van der Waals surface area contributed by atoms with Crippen molar-refractivity contribution in [3.05, 3.63) is 29.4 Å². The first-order valence-corrected chi connectivity index (χ1v) is 5.72. The van der Waals surface area contributed by atoms with Gasteiger partial charge in [0, 0.05) is 6.54 Å². The number of carbonyl (C=O) groups is 1. The average molecular weight is 283 g/mol. The molecule has 0 aliphatic carbocycles. The van der Waals surface area contributed by atoms with Crippen molar-refractivity contribution >= 4 is 27.7 Å². The predicted octanol–water partition coefficient (Wildman–Crippen LogP) is 2.15. The average Bonchev–Trinajstić information content (AvgIpc) is 2.28. The van der Waals surface area contributed by atoms with Crippen molar-refractivity contribution in [3.63, 3.8) is 0 Å². The molecule has 0 atom stereocenters. The van der Waals surface area contributed by atoms with Crippen LogP contribution in [0, 0.1) is 0 Å². The molecule has 1 aliphatic heterocycles. The fourth-order valence-electron chi connectivity index (χ4n) is 1.51. The van der Waals surface area contributed by atoms with E-state index >= 15 is 0 Å². The molecule has 0 N–H and O–H groups in total. The molecule has 1 aromatic rings. The normalized spacial score (nSPS) is 14.3. The van der Waals surface area contributed by atoms with E-state index in [1.807, 2.05) is 0 Å². The molecule has 0 spiro atoms. The molecule has 0 saturated carbocycles. The lowest BCUT2D eigenvalue weighted by Gasteiger charge is -2.27. The molecule has 1 aromatic heterocycles. The van der Waals surface area contributed by atoms with Crippen LogP contribution in [0.5, 0.6) is 5.75 Å². The quantitative estimate of drug-likeness (QED) is 0.630. The van der Waals surface area contributed by atoms with Crippen molar-refractivity contribution in [3.8, 4) is 5.75 Å². The van der Waals surface area contributed by atoms with Crippen LogP contribution in [-0.2, 0) is 4.79 Å². The van der Waals surface area contributed by atoms with Crippen LogP contribution in [0.4, 0.5) is 5.82 Å². The number of amides is 1. The second kappa shape index (κ2) is 4.65. The molecule has 0 saturated heterocycles. The lowest BCUT2D eigenvalue weighted by Crippen LogP contribution is -2.39. The summed E-state index contributed by atoms with van der Waals surface area (Å²) in [4.78, 5) is 17.6. The third-order valence-corrected chi connectivity index (χ3v) is 2.71. The summed E-state index contributed by atoms with van der Waals surface area (Å²) in [6.45, 7) is 4.31. The molecule has 0 fully saturated rings. The van der Waals surface area contributed by atoms with Gasteiger partial charge in [-0.1, -0.05) is 6.08 Å². The van der Waals surface area contributed by atoms with Gasteiger partial charge in [-0.2, -0.15) is 0 Å². The Morgan fingerprint density at radius 1 is 1.62 bits per heavy atom. The van der Waals surface area contributed by atoms with Crippen LogP contribution >= 0.6 is 15.9 Å². The second-order valence-electron chi connectivity index (χ2n) is 3.37. The zero-order chi connectivity index (χ0) is 11.5. The van der Waals surface area contributed by atoms with Crippen LogP contribution in [0.2, 0.25) is 0 Å². The Balaban J connectivity index is 2.34. The number of halogens is 1. The lowest BCUT2D eigenvalue weighted by atomic mass is 10.3. The zero-order valence-corrected chi connectivity index (χ0v) is 10.2. The van der Waals surface area contributed by atoms with Gasteiger partial charge in [-0.15, -0.1) is 6.58 Å². The second-order valence-corrected chi connectivity index (χ2v) is 4.18. The minimum Gasteiger partial charge on any atom is -0.480 e. The molecule has 0 unspecified atom stereocenters. The van der Waals surface area contributed by atoms with Gasteiger partial charge in [0.1, 0.15) is 4.60 Å². The van der Waals surface area contributed by atoms with Gasteiger partial charge in [-0.3, -0.25) is 9.69 Å². The van der Waals surface area contributed by atoms with E-state index in [9.17, 15) is 4.79 Å². The van der Waals surface area contributed by atoms with E-state index in [2.05, 4.69) is 27.5 Å². The number of ether oxygens (including phenoxy) is 1. The third-order valence-electron chi connectivity index (χ3n) is 2.27. The van der Waals surface area contributed by atoms with Crippen LogP contribution in [0.15, 0.2) is 29.4 Å². The molecule has 5 heteroatoms. The summed E-state index contributed by atoms with van der Waals surface area (Å²) in [5.74, 6) is 1.15. The Bertz CT molecular complexity index is 434. The van der Waals surface area contributed by atoms with E-state index < -0.39 is 0 Å². The van der Waals surface area contributed by atoms with Crippen molar-refractivity contribution < 1.29 is 9.53 Å². The smallest absolute Gasteiger partial charge is 0.266 e. The number of hydrogen-bond acceptors (Lipinski definition) is 3. The molecule has 4 nitrogen and oxygen atoms in total. The maximum Gasteiger partial charge on any atom is 0.266 e. The van der Waals surface area contributed by atoms with Gasteiger partial charge < -0.3 is 4.74 Å². The van der Waals surface area contributed by atoms with Crippen LogP contribution in [0.3, 0.4) is 0 Å². The monoisotopic (exact) mass is 282 g/mol. The highest BCUT2D eigenvalue weighted by molar-refractivity contribution is 9.10. The van der Waals surface area contributed by atoms with E-state index in [0.717, 1.165) is 6.42 Å². The van der Waals surface area contributed by atoms with E-state index in [-0.39, 0.29) is 12.5 Å². The molecule has 84 valence electrons. The van der Waals surface area contributed by atoms with Gasteiger partial charge in [0.25, 0.3) is 5.91 Å². The maximum atomic E-state index is 11.7. The summed E-state index contributed by atoms with van der Waals surface area (Å²) in [6.07, 6.45) is 2.51. The number of pyridine rings is 1. The van der Waals surface area contributed by atoms with Crippen LogP contribution in [0.1, 0.15) is 6.42 Å². The lowest BCUT2D eigenvalue weighted by molar-refractivity contribution is -0.121. The van der Waals surface area contributed by atoms with E-state index in [0.29, 0.717) is 22.7 Å². The van der Waals surface area contributed by atoms with Crippen LogP contribution in [0.25, 0.3) is 0 Å². The number of fused-ring (bicyclic) bond motifs is 1. The molecule has 0 aromatic carbocycles. The standard InChI is InChI=1S/C11H11BrN2O2/c1-2-3-6-14-10(15)7-16-8-4-5-9(12)13-11(8)14/h2,4-5H,1,3,6-7H2. The van der Waals surface area contributed by atoms with E-state index in [4.69, 9.17) is 4.74 Å². The van der Waals surface area contributed by atoms with Crippen molar-refractivity contribution in [2.75, 3.05) is 18.1 Å². The van der Waals surface area contributed by atoms with Gasteiger partial charge in [-0.05, 0) is 34.5 Å². The Morgan fingerprint density at radius 2 is 2.44 bits per heavy atom. The number of hydrogen-bond donors (Lipinski definition) is 0. The van der Waals surface area contributed by atoms with Gasteiger partial charge in [0.2, 0.25) is 0 Å². The SMILES string of the molecule is C=CCCN1C(=O)COc2ccc(Br)nc21. The first-order chi connectivity index (χ1) is 7.72. The van der Waals surface area contributed by atoms with Crippen molar-refractivity contribution in [1.29, 1.82) is 0 Å². The fraction of sp³-hybridized carbons (Fsp3) is 0.273. The Labute approximate surface area is 102 Å². The first-order valence-electron chi connectivity index (χ1n) is 4.93. The molecular weight excluding hydrogens is 272 g/mol. The van der Waals surface area contributed by atoms with Gasteiger partial charge >= 0.3 is 0 Å². The highest BCUT2D eigenvalue weighted by atomic mass is 79.9. The van der Waals surface area contributed by atoms with Crippen LogP contribution < -0.4 is 9.64 Å². The third kappa shape index (κ3) is 2.09. The number of aromatic nitrogens is 1. The summed E-state index contributed by atoms with van der Waals surface area (Å²) in [5.41, 5.74) is 0. The first kappa shape index (κ1) is 11.1. The highest BCUT2D eigenvalue weighted by Crippen LogP contribution is 2.31. The number of anilines is 1. The maximum absolute atomic E-state index is 11.7. The molecule has 2 heterocycles. The summed E-state index contributed by atoms with van der Waals surface area (Å²) in [7, 11) is 0. The molecule has 0 bridgehead atoms. The predicted molar refractivity (Wildman–Crippen MR) is 64.6 cm³/mol. The summed E-state index contributed by atoms with van der Waals surface area (Å²) < 4.78 is 5.99. The Hall–Kier alpha value is -1.36. The number of rotatable bonds is 3. The van der Waals surface area contributed by atoms with Crippen LogP contribution in [-0.4, -0.2) is 24.0 Å². The summed E-state index contributed by atoms with van der Waals surface area (Å²) in [5, 5.41) is 0. The van der Waals surface area contributed by atoms with Crippen molar-refractivity contribution in [2.24, 2.45) is 0 Å². The minimum absolute atomic E-state index is 0.0695. The van der Waals surface area contributed by atoms with Crippen molar-refractivity contribution in [1.82, 2.24) is 4.98 Å². The molecule has 1 aliphatic rings. The zero-order valence-electron chi connectivity index (χ0n) is 8.65. The minimum atomic E-state index is -0.0695. The molecule has 2 rings (SSSR count). The molecular formula is C11H11BrN2O2. The van der Waals surface area contributed by atoms with Crippen molar-refractivity contribution in [2.45, 2.75) is 6.42 Å². The largest absolute Gasteiger partial charge is 0.480 e. The summed E-state index contributed by atoms with van der Waals surface area (Å²) >= 11 is 3.28. The number of carbonyl (C=O) groups excluding carboxylic acids is 1. The molecule has 16 heavy (non-hydrogen) atoms. The highest BCUT2D eigenvalue weighted by Gasteiger charge is 2.26. The topological polar surface area (TPSA) is 42.4 Å². The van der Waals surface area contributed by atoms with E-state index in [1.54, 1.807) is 23.1 Å². The Morgan fingerprint density at radius 3 is 3.19 bits per heavy atom. The fourth-order valence-corrected chi connectivity index (χ4v) is 1.81. The molecule has 1 amide bonds. The summed E-state index contributed by atoms with van der Waals surface area (Å²) in [6, 6.07) is 3.60.